The number of amides is 1. The first-order valence-corrected chi connectivity index (χ1v) is 8.61. The molecule has 0 aliphatic carbocycles. The number of benzene rings is 2. The SMILES string of the molecule is CCn1c(=NC(=O)Cc2ccc(C)cc2)sc2cc(C)ccc21. The quantitative estimate of drug-likeness (QED) is 0.717. The summed E-state index contributed by atoms with van der Waals surface area (Å²) in [5.74, 6) is -0.0978. The molecule has 0 N–H and O–H groups in total. The average molecular weight is 324 g/mol. The van der Waals surface area contributed by atoms with Gasteiger partial charge in [0, 0.05) is 6.54 Å². The van der Waals surface area contributed by atoms with Crippen LogP contribution in [0.4, 0.5) is 0 Å². The first kappa shape index (κ1) is 15.7. The van der Waals surface area contributed by atoms with E-state index in [-0.39, 0.29) is 5.91 Å². The Morgan fingerprint density at radius 3 is 2.48 bits per heavy atom. The standard InChI is InChI=1S/C19H20N2OS/c1-4-21-16-10-7-14(3)11-17(16)23-19(21)20-18(22)12-15-8-5-13(2)6-9-15/h5-11H,4,12H2,1-3H3. The number of nitrogens with zero attached hydrogens (tertiary/aromatic N) is 2. The van der Waals surface area contributed by atoms with Crippen molar-refractivity contribution >= 4 is 27.5 Å². The van der Waals surface area contributed by atoms with Crippen LogP contribution in [0.15, 0.2) is 47.5 Å². The van der Waals surface area contributed by atoms with E-state index in [1.807, 2.05) is 31.2 Å². The summed E-state index contributed by atoms with van der Waals surface area (Å²) in [7, 11) is 0. The van der Waals surface area contributed by atoms with E-state index in [4.69, 9.17) is 0 Å². The second kappa shape index (κ2) is 6.50. The molecule has 0 bridgehead atoms. The third-order valence-corrected chi connectivity index (χ3v) is 4.89. The molecule has 0 atom stereocenters. The van der Waals surface area contributed by atoms with Gasteiger partial charge in [0.05, 0.1) is 16.6 Å². The maximum Gasteiger partial charge on any atom is 0.252 e. The zero-order valence-corrected chi connectivity index (χ0v) is 14.5. The van der Waals surface area contributed by atoms with Gasteiger partial charge in [0.15, 0.2) is 4.80 Å². The number of aryl methyl sites for hydroxylation is 3. The minimum atomic E-state index is -0.0978. The first-order valence-electron chi connectivity index (χ1n) is 7.80. The monoisotopic (exact) mass is 324 g/mol. The van der Waals surface area contributed by atoms with Crippen molar-refractivity contribution in [2.45, 2.75) is 33.7 Å². The van der Waals surface area contributed by atoms with E-state index in [0.29, 0.717) is 6.42 Å². The van der Waals surface area contributed by atoms with Gasteiger partial charge in [-0.3, -0.25) is 4.79 Å². The Morgan fingerprint density at radius 1 is 1.09 bits per heavy atom. The molecule has 1 amide bonds. The fraction of sp³-hybridized carbons (Fsp3) is 0.263. The summed E-state index contributed by atoms with van der Waals surface area (Å²) >= 11 is 1.58. The molecule has 0 aliphatic rings. The number of aromatic nitrogens is 1. The van der Waals surface area contributed by atoms with E-state index >= 15 is 0 Å². The van der Waals surface area contributed by atoms with Crippen molar-refractivity contribution in [1.82, 2.24) is 4.57 Å². The number of carbonyl (C=O) groups is 1. The molecule has 1 heterocycles. The van der Waals surface area contributed by atoms with Crippen LogP contribution in [-0.2, 0) is 17.8 Å². The lowest BCUT2D eigenvalue weighted by atomic mass is 10.1. The minimum Gasteiger partial charge on any atom is -0.317 e. The maximum atomic E-state index is 12.3. The lowest BCUT2D eigenvalue weighted by molar-refractivity contribution is -0.117. The van der Waals surface area contributed by atoms with Crippen LogP contribution < -0.4 is 4.80 Å². The molecule has 0 spiro atoms. The van der Waals surface area contributed by atoms with Crippen molar-refractivity contribution in [3.8, 4) is 0 Å². The van der Waals surface area contributed by atoms with Crippen molar-refractivity contribution in [1.29, 1.82) is 0 Å². The van der Waals surface area contributed by atoms with Crippen molar-refractivity contribution in [3.63, 3.8) is 0 Å². The molecule has 23 heavy (non-hydrogen) atoms. The van der Waals surface area contributed by atoms with Crippen LogP contribution >= 0.6 is 11.3 Å². The van der Waals surface area contributed by atoms with E-state index in [1.54, 1.807) is 11.3 Å². The summed E-state index contributed by atoms with van der Waals surface area (Å²) < 4.78 is 3.28. The van der Waals surface area contributed by atoms with Crippen molar-refractivity contribution in [3.05, 3.63) is 64.0 Å². The smallest absolute Gasteiger partial charge is 0.252 e. The van der Waals surface area contributed by atoms with Gasteiger partial charge in [0.25, 0.3) is 5.91 Å². The van der Waals surface area contributed by atoms with Crippen LogP contribution in [0.2, 0.25) is 0 Å². The van der Waals surface area contributed by atoms with Gasteiger partial charge in [-0.1, -0.05) is 47.2 Å². The molecule has 0 unspecified atom stereocenters. The molecule has 4 heteroatoms. The molecule has 3 rings (SSSR count). The number of hydrogen-bond donors (Lipinski definition) is 0. The van der Waals surface area contributed by atoms with Crippen molar-refractivity contribution < 1.29 is 4.79 Å². The van der Waals surface area contributed by atoms with E-state index in [9.17, 15) is 4.79 Å². The van der Waals surface area contributed by atoms with Crippen LogP contribution in [0.5, 0.6) is 0 Å². The summed E-state index contributed by atoms with van der Waals surface area (Å²) in [6, 6.07) is 14.4. The van der Waals surface area contributed by atoms with Crippen LogP contribution in [0.25, 0.3) is 10.2 Å². The first-order chi connectivity index (χ1) is 11.1. The Balaban J connectivity index is 1.96. The molecular formula is C19H20N2OS. The Kier molecular flexibility index (Phi) is 4.44. The molecular weight excluding hydrogens is 304 g/mol. The average Bonchev–Trinajstić information content (AvgIpc) is 2.85. The molecule has 0 radical (unpaired) electrons. The molecule has 3 nitrogen and oxygen atoms in total. The lowest BCUT2D eigenvalue weighted by Gasteiger charge is -2.01. The van der Waals surface area contributed by atoms with E-state index in [0.717, 1.165) is 22.4 Å². The highest BCUT2D eigenvalue weighted by molar-refractivity contribution is 7.16. The topological polar surface area (TPSA) is 34.4 Å². The summed E-state index contributed by atoms with van der Waals surface area (Å²) in [5, 5.41) is 0. The van der Waals surface area contributed by atoms with Crippen molar-refractivity contribution in [2.75, 3.05) is 0 Å². The van der Waals surface area contributed by atoms with Gasteiger partial charge >= 0.3 is 0 Å². The fourth-order valence-corrected chi connectivity index (χ4v) is 3.81. The molecule has 0 aliphatic heterocycles. The zero-order chi connectivity index (χ0) is 16.4. The van der Waals surface area contributed by atoms with Crippen LogP contribution in [0, 0.1) is 13.8 Å². The highest BCUT2D eigenvalue weighted by Gasteiger charge is 2.07. The predicted molar refractivity (Wildman–Crippen MR) is 95.7 cm³/mol. The largest absolute Gasteiger partial charge is 0.317 e. The van der Waals surface area contributed by atoms with Gasteiger partial charge in [0.1, 0.15) is 0 Å². The molecule has 0 saturated heterocycles. The second-order valence-corrected chi connectivity index (χ2v) is 6.78. The zero-order valence-electron chi connectivity index (χ0n) is 13.7. The molecule has 0 fully saturated rings. The summed E-state index contributed by atoms with van der Waals surface area (Å²) in [6.45, 7) is 7.00. The van der Waals surface area contributed by atoms with Gasteiger partial charge in [-0.05, 0) is 44.0 Å². The molecule has 118 valence electrons. The summed E-state index contributed by atoms with van der Waals surface area (Å²) in [6.07, 6.45) is 0.345. The number of carbonyl (C=O) groups excluding carboxylic acids is 1. The highest BCUT2D eigenvalue weighted by atomic mass is 32.1. The number of rotatable bonds is 3. The normalized spacial score (nSPS) is 12.0. The second-order valence-electron chi connectivity index (χ2n) is 5.77. The molecule has 0 saturated carbocycles. The Bertz CT molecular complexity index is 917. The highest BCUT2D eigenvalue weighted by Crippen LogP contribution is 2.18. The van der Waals surface area contributed by atoms with Gasteiger partial charge in [-0.2, -0.15) is 4.99 Å². The number of fused-ring (bicyclic) bond motifs is 1. The van der Waals surface area contributed by atoms with E-state index < -0.39 is 0 Å². The lowest BCUT2D eigenvalue weighted by Crippen LogP contribution is -2.16. The van der Waals surface area contributed by atoms with E-state index in [1.165, 1.54) is 15.8 Å². The number of thiazole rings is 1. The maximum absolute atomic E-state index is 12.3. The van der Waals surface area contributed by atoms with Gasteiger partial charge in [-0.25, -0.2) is 0 Å². The molecule has 2 aromatic carbocycles. The predicted octanol–water partition coefficient (Wildman–Crippen LogP) is 4.01. The van der Waals surface area contributed by atoms with E-state index in [2.05, 4.69) is 41.6 Å². The Morgan fingerprint density at radius 2 is 1.78 bits per heavy atom. The summed E-state index contributed by atoms with van der Waals surface area (Å²) in [4.78, 5) is 17.4. The Labute approximate surface area is 139 Å². The minimum absolute atomic E-state index is 0.0978. The van der Waals surface area contributed by atoms with Gasteiger partial charge in [-0.15, -0.1) is 0 Å². The van der Waals surface area contributed by atoms with Crippen LogP contribution in [-0.4, -0.2) is 10.5 Å². The fourth-order valence-electron chi connectivity index (χ4n) is 2.60. The van der Waals surface area contributed by atoms with Crippen LogP contribution in [0.3, 0.4) is 0 Å². The van der Waals surface area contributed by atoms with Gasteiger partial charge < -0.3 is 4.57 Å². The van der Waals surface area contributed by atoms with Crippen LogP contribution in [0.1, 0.15) is 23.6 Å². The molecule has 3 aromatic rings. The van der Waals surface area contributed by atoms with Gasteiger partial charge in [0.2, 0.25) is 0 Å². The molecule has 1 aromatic heterocycles. The summed E-state index contributed by atoms with van der Waals surface area (Å²) in [5.41, 5.74) is 4.57. The Hall–Kier alpha value is -2.20. The number of hydrogen-bond acceptors (Lipinski definition) is 2. The van der Waals surface area contributed by atoms with Crippen molar-refractivity contribution in [2.24, 2.45) is 4.99 Å². The third-order valence-electron chi connectivity index (χ3n) is 3.85. The third kappa shape index (κ3) is 3.42.